The van der Waals surface area contributed by atoms with Crippen LogP contribution in [0.3, 0.4) is 0 Å². The van der Waals surface area contributed by atoms with Gasteiger partial charge in [0.2, 0.25) is 0 Å². The van der Waals surface area contributed by atoms with E-state index in [1.165, 1.54) is 7.11 Å². The number of nitrogens with one attached hydrogen (secondary N) is 1. The van der Waals surface area contributed by atoms with Crippen LogP contribution in [0.2, 0.25) is 0 Å². The molecular weight excluding hydrogens is 394 g/mol. The first-order valence-corrected chi connectivity index (χ1v) is 9.83. The van der Waals surface area contributed by atoms with Crippen molar-refractivity contribution in [1.29, 1.82) is 0 Å². The number of carbonyl (C=O) groups excluding carboxylic acids is 2. The molecule has 0 fully saturated rings. The van der Waals surface area contributed by atoms with Crippen molar-refractivity contribution in [3.05, 3.63) is 83.4 Å². The third-order valence-electron chi connectivity index (χ3n) is 5.08. The number of rotatable bonds is 6. The number of amides is 2. The van der Waals surface area contributed by atoms with E-state index in [1.54, 1.807) is 17.0 Å². The van der Waals surface area contributed by atoms with E-state index in [4.69, 9.17) is 15.2 Å². The smallest absolute Gasteiger partial charge is 0.262 e. The van der Waals surface area contributed by atoms with Crippen LogP contribution in [0.4, 0.5) is 11.4 Å². The van der Waals surface area contributed by atoms with Gasteiger partial charge in [-0.25, -0.2) is 0 Å². The molecule has 0 saturated heterocycles. The lowest BCUT2D eigenvalue weighted by Crippen LogP contribution is -2.43. The zero-order valence-electron chi connectivity index (χ0n) is 17.3. The molecule has 3 aromatic rings. The molecule has 158 valence electrons. The van der Waals surface area contributed by atoms with Gasteiger partial charge in [0, 0.05) is 11.4 Å². The number of nitrogens with two attached hydrogens (primary N) is 1. The lowest BCUT2D eigenvalue weighted by Gasteiger charge is -2.38. The number of benzene rings is 3. The fourth-order valence-electron chi connectivity index (χ4n) is 3.65. The Morgan fingerprint density at radius 3 is 2.61 bits per heavy atom. The first-order valence-electron chi connectivity index (χ1n) is 9.83. The SMILES string of the molecule is COc1cc([C@@H]2Nc3ccccc3C(=O)N2c2cccc(C)c2)ccc1OCC(N)=O. The summed E-state index contributed by atoms with van der Waals surface area (Å²) in [5.41, 5.74) is 9.17. The van der Waals surface area contributed by atoms with Crippen LogP contribution < -0.4 is 25.4 Å². The highest BCUT2D eigenvalue weighted by Crippen LogP contribution is 2.39. The van der Waals surface area contributed by atoms with Gasteiger partial charge in [-0.2, -0.15) is 0 Å². The van der Waals surface area contributed by atoms with Crippen LogP contribution in [-0.4, -0.2) is 25.5 Å². The molecule has 0 saturated carbocycles. The Kier molecular flexibility index (Phi) is 5.49. The van der Waals surface area contributed by atoms with Crippen LogP contribution in [0.25, 0.3) is 0 Å². The van der Waals surface area contributed by atoms with Crippen LogP contribution in [0.5, 0.6) is 11.5 Å². The van der Waals surface area contributed by atoms with Gasteiger partial charge in [-0.3, -0.25) is 14.5 Å². The lowest BCUT2D eigenvalue weighted by molar-refractivity contribution is -0.119. The zero-order valence-corrected chi connectivity index (χ0v) is 17.3. The quantitative estimate of drug-likeness (QED) is 0.639. The fourth-order valence-corrected chi connectivity index (χ4v) is 3.65. The Balaban J connectivity index is 1.79. The third kappa shape index (κ3) is 4.02. The van der Waals surface area contributed by atoms with E-state index in [2.05, 4.69) is 5.32 Å². The maximum absolute atomic E-state index is 13.5. The van der Waals surface area contributed by atoms with Gasteiger partial charge in [0.1, 0.15) is 6.17 Å². The number of anilines is 2. The number of hydrogen-bond donors (Lipinski definition) is 2. The van der Waals surface area contributed by atoms with Gasteiger partial charge in [-0.1, -0.05) is 30.3 Å². The number of ether oxygens (including phenoxy) is 2. The van der Waals surface area contributed by atoms with Crippen molar-refractivity contribution in [2.24, 2.45) is 5.73 Å². The second kappa shape index (κ2) is 8.39. The molecule has 1 aliphatic heterocycles. The number of carbonyl (C=O) groups is 2. The second-order valence-corrected chi connectivity index (χ2v) is 7.27. The number of aryl methyl sites for hydroxylation is 1. The van der Waals surface area contributed by atoms with Gasteiger partial charge in [-0.05, 0) is 54.4 Å². The van der Waals surface area contributed by atoms with Crippen LogP contribution in [0.1, 0.15) is 27.7 Å². The average molecular weight is 417 g/mol. The molecule has 0 unspecified atom stereocenters. The number of hydrogen-bond acceptors (Lipinski definition) is 5. The number of nitrogens with zero attached hydrogens (tertiary/aromatic N) is 1. The standard InChI is InChI=1S/C24H23N3O4/c1-15-6-5-7-17(12-15)27-23(26-19-9-4-3-8-18(19)24(27)29)16-10-11-20(21(13-16)30-2)31-14-22(25)28/h3-13,23,26H,14H2,1-2H3,(H2,25,28)/t23-/m1/s1. The van der Waals surface area contributed by atoms with E-state index >= 15 is 0 Å². The predicted octanol–water partition coefficient (Wildman–Crippen LogP) is 3.64. The van der Waals surface area contributed by atoms with Crippen molar-refractivity contribution >= 4 is 23.2 Å². The monoisotopic (exact) mass is 417 g/mol. The molecule has 1 heterocycles. The van der Waals surface area contributed by atoms with Gasteiger partial charge in [0.25, 0.3) is 11.8 Å². The van der Waals surface area contributed by atoms with Crippen molar-refractivity contribution in [2.45, 2.75) is 13.1 Å². The molecule has 0 spiro atoms. The molecule has 0 bridgehead atoms. The molecule has 3 N–H and O–H groups in total. The van der Waals surface area contributed by atoms with Gasteiger partial charge < -0.3 is 20.5 Å². The topological polar surface area (TPSA) is 93.9 Å². The molecular formula is C24H23N3O4. The normalized spacial score (nSPS) is 15.1. The molecule has 7 heteroatoms. The Hall–Kier alpha value is -4.00. The summed E-state index contributed by atoms with van der Waals surface area (Å²) in [6, 6.07) is 20.6. The molecule has 7 nitrogen and oxygen atoms in total. The first kappa shape index (κ1) is 20.3. The fraction of sp³-hybridized carbons (Fsp3) is 0.167. The Labute approximate surface area is 180 Å². The lowest BCUT2D eigenvalue weighted by atomic mass is 10.0. The number of fused-ring (bicyclic) bond motifs is 1. The molecule has 0 aromatic heterocycles. The minimum absolute atomic E-state index is 0.0991. The summed E-state index contributed by atoms with van der Waals surface area (Å²) in [5, 5.41) is 3.47. The summed E-state index contributed by atoms with van der Waals surface area (Å²) in [5.74, 6) is 0.164. The van der Waals surface area contributed by atoms with E-state index < -0.39 is 12.1 Å². The highest BCUT2D eigenvalue weighted by atomic mass is 16.5. The zero-order chi connectivity index (χ0) is 22.0. The maximum Gasteiger partial charge on any atom is 0.262 e. The molecule has 0 aliphatic carbocycles. The Morgan fingerprint density at radius 1 is 1.06 bits per heavy atom. The summed E-state index contributed by atoms with van der Waals surface area (Å²) in [6.45, 7) is 1.74. The van der Waals surface area contributed by atoms with Crippen LogP contribution >= 0.6 is 0 Å². The van der Waals surface area contributed by atoms with E-state index in [-0.39, 0.29) is 12.5 Å². The second-order valence-electron chi connectivity index (χ2n) is 7.27. The largest absolute Gasteiger partial charge is 0.493 e. The Morgan fingerprint density at radius 2 is 1.87 bits per heavy atom. The highest BCUT2D eigenvalue weighted by Gasteiger charge is 2.34. The van der Waals surface area contributed by atoms with Gasteiger partial charge in [0.05, 0.1) is 12.7 Å². The average Bonchev–Trinajstić information content (AvgIpc) is 2.77. The minimum Gasteiger partial charge on any atom is -0.493 e. The molecule has 0 radical (unpaired) electrons. The molecule has 1 atom stereocenters. The van der Waals surface area contributed by atoms with Gasteiger partial charge in [0.15, 0.2) is 18.1 Å². The summed E-state index contributed by atoms with van der Waals surface area (Å²) < 4.78 is 10.9. The predicted molar refractivity (Wildman–Crippen MR) is 118 cm³/mol. The minimum atomic E-state index is -0.576. The van der Waals surface area contributed by atoms with Crippen LogP contribution in [0, 0.1) is 6.92 Å². The third-order valence-corrected chi connectivity index (χ3v) is 5.08. The van der Waals surface area contributed by atoms with Crippen LogP contribution in [-0.2, 0) is 4.79 Å². The van der Waals surface area contributed by atoms with Crippen molar-refractivity contribution in [2.75, 3.05) is 23.9 Å². The van der Waals surface area contributed by atoms with Crippen molar-refractivity contribution < 1.29 is 19.1 Å². The summed E-state index contributed by atoms with van der Waals surface area (Å²) in [7, 11) is 1.52. The van der Waals surface area contributed by atoms with E-state index in [9.17, 15) is 9.59 Å². The molecule has 4 rings (SSSR count). The maximum atomic E-state index is 13.5. The van der Waals surface area contributed by atoms with Crippen LogP contribution in [0.15, 0.2) is 66.7 Å². The van der Waals surface area contributed by atoms with Gasteiger partial charge >= 0.3 is 0 Å². The first-order chi connectivity index (χ1) is 15.0. The number of methoxy groups -OCH3 is 1. The number of para-hydroxylation sites is 1. The highest BCUT2D eigenvalue weighted by molar-refractivity contribution is 6.12. The molecule has 1 aliphatic rings. The van der Waals surface area contributed by atoms with Gasteiger partial charge in [-0.15, -0.1) is 0 Å². The van der Waals surface area contributed by atoms with Crippen molar-refractivity contribution in [3.8, 4) is 11.5 Å². The molecule has 3 aromatic carbocycles. The number of primary amides is 1. The summed E-state index contributed by atoms with van der Waals surface area (Å²) in [4.78, 5) is 26.3. The van der Waals surface area contributed by atoms with E-state index in [1.807, 2.05) is 61.5 Å². The molecule has 31 heavy (non-hydrogen) atoms. The van der Waals surface area contributed by atoms with E-state index in [0.717, 1.165) is 22.5 Å². The molecule has 2 amide bonds. The van der Waals surface area contributed by atoms with Crippen molar-refractivity contribution in [3.63, 3.8) is 0 Å². The summed E-state index contributed by atoms with van der Waals surface area (Å²) in [6.07, 6.45) is -0.469. The Bertz CT molecular complexity index is 1150. The van der Waals surface area contributed by atoms with Crippen molar-refractivity contribution in [1.82, 2.24) is 0 Å². The van der Waals surface area contributed by atoms with E-state index in [0.29, 0.717) is 17.1 Å². The summed E-state index contributed by atoms with van der Waals surface area (Å²) >= 11 is 0.